The lowest BCUT2D eigenvalue weighted by Crippen LogP contribution is -2.20. The number of aromatic nitrogens is 1. The largest absolute Gasteiger partial charge is 0.418 e. The summed E-state index contributed by atoms with van der Waals surface area (Å²) in [5.74, 6) is -0.142. The number of pyridine rings is 1. The normalized spacial score (nSPS) is 17.2. The molecule has 1 aromatic heterocycles. The van der Waals surface area contributed by atoms with Crippen LogP contribution in [-0.4, -0.2) is 4.98 Å². The number of hydrogen-bond donors (Lipinski definition) is 2. The average Bonchev–Trinajstić information content (AvgIpc) is 2.08. The second-order valence-corrected chi connectivity index (χ2v) is 4.01. The Morgan fingerprint density at radius 3 is 2.31 bits per heavy atom. The molecule has 3 nitrogen and oxygen atoms in total. The van der Waals surface area contributed by atoms with E-state index in [0.29, 0.717) is 0 Å². The van der Waals surface area contributed by atoms with Gasteiger partial charge in [-0.1, -0.05) is 6.42 Å². The van der Waals surface area contributed by atoms with E-state index in [4.69, 9.17) is 11.5 Å². The fourth-order valence-electron chi connectivity index (χ4n) is 1.92. The summed E-state index contributed by atoms with van der Waals surface area (Å²) in [6.07, 6.45) is -1.24. The lowest BCUT2D eigenvalue weighted by atomic mass is 9.77. The standard InChI is InChI=1S/C10H12F3N3/c11-10(12,13)6-4-16-9(15)8(14)7(6)5-2-1-3-5/h4-5H,1-3,14H2,(H2,15,16). The highest BCUT2D eigenvalue weighted by Gasteiger charge is 2.38. The number of alkyl halides is 3. The number of hydrogen-bond acceptors (Lipinski definition) is 3. The predicted octanol–water partition coefficient (Wildman–Crippen LogP) is 2.53. The number of nitrogens with zero attached hydrogens (tertiary/aromatic N) is 1. The first-order valence-corrected chi connectivity index (χ1v) is 5.02. The average molecular weight is 231 g/mol. The summed E-state index contributed by atoms with van der Waals surface area (Å²) in [6, 6.07) is 0. The van der Waals surface area contributed by atoms with Gasteiger partial charge < -0.3 is 11.5 Å². The second kappa shape index (κ2) is 3.54. The van der Waals surface area contributed by atoms with E-state index in [2.05, 4.69) is 4.98 Å². The molecule has 0 amide bonds. The van der Waals surface area contributed by atoms with Crippen molar-refractivity contribution in [1.29, 1.82) is 0 Å². The van der Waals surface area contributed by atoms with Gasteiger partial charge in [-0.05, 0) is 24.3 Å². The third-order valence-corrected chi connectivity index (χ3v) is 3.01. The fourth-order valence-corrected chi connectivity index (χ4v) is 1.92. The van der Waals surface area contributed by atoms with Crippen molar-refractivity contribution in [2.45, 2.75) is 31.4 Å². The van der Waals surface area contributed by atoms with Gasteiger partial charge in [0.25, 0.3) is 0 Å². The maximum Gasteiger partial charge on any atom is 0.418 e. The minimum Gasteiger partial charge on any atom is -0.396 e. The van der Waals surface area contributed by atoms with Crippen LogP contribution in [0.25, 0.3) is 0 Å². The molecule has 1 aromatic rings. The van der Waals surface area contributed by atoms with E-state index in [1.807, 2.05) is 0 Å². The number of halogens is 3. The van der Waals surface area contributed by atoms with Gasteiger partial charge in [0.2, 0.25) is 0 Å². The minimum absolute atomic E-state index is 0.0143. The molecule has 0 bridgehead atoms. The first-order valence-electron chi connectivity index (χ1n) is 5.02. The van der Waals surface area contributed by atoms with Crippen LogP contribution in [0.2, 0.25) is 0 Å². The van der Waals surface area contributed by atoms with Gasteiger partial charge in [0, 0.05) is 6.20 Å². The molecule has 0 atom stereocenters. The fraction of sp³-hybridized carbons (Fsp3) is 0.500. The molecule has 1 saturated carbocycles. The second-order valence-electron chi connectivity index (χ2n) is 4.01. The molecule has 1 fully saturated rings. The monoisotopic (exact) mass is 231 g/mol. The number of nitrogen functional groups attached to an aromatic ring is 2. The molecule has 0 spiro atoms. The predicted molar refractivity (Wildman–Crippen MR) is 54.7 cm³/mol. The van der Waals surface area contributed by atoms with Crippen molar-refractivity contribution in [3.05, 3.63) is 17.3 Å². The molecule has 88 valence electrons. The Hall–Kier alpha value is -1.46. The topological polar surface area (TPSA) is 64.9 Å². The summed E-state index contributed by atoms with van der Waals surface area (Å²) >= 11 is 0. The molecule has 0 saturated heterocycles. The third-order valence-electron chi connectivity index (χ3n) is 3.01. The van der Waals surface area contributed by atoms with E-state index in [1.54, 1.807) is 0 Å². The third kappa shape index (κ3) is 1.68. The Bertz CT molecular complexity index is 411. The molecule has 0 radical (unpaired) electrons. The van der Waals surface area contributed by atoms with Crippen molar-refractivity contribution in [3.63, 3.8) is 0 Å². The first-order chi connectivity index (χ1) is 7.41. The van der Waals surface area contributed by atoms with Crippen molar-refractivity contribution in [2.75, 3.05) is 11.5 Å². The maximum atomic E-state index is 12.7. The highest BCUT2D eigenvalue weighted by molar-refractivity contribution is 5.66. The lowest BCUT2D eigenvalue weighted by molar-refractivity contribution is -0.138. The molecule has 2 rings (SSSR count). The van der Waals surface area contributed by atoms with Crippen LogP contribution in [0.5, 0.6) is 0 Å². The van der Waals surface area contributed by atoms with Crippen LogP contribution >= 0.6 is 0 Å². The van der Waals surface area contributed by atoms with Gasteiger partial charge in [0.15, 0.2) is 0 Å². The minimum atomic E-state index is -4.42. The number of anilines is 2. The molecule has 6 heteroatoms. The molecular formula is C10H12F3N3. The molecule has 0 unspecified atom stereocenters. The molecule has 0 aliphatic heterocycles. The highest BCUT2D eigenvalue weighted by Crippen LogP contribution is 2.46. The van der Waals surface area contributed by atoms with Crippen LogP contribution in [0.3, 0.4) is 0 Å². The Labute approximate surface area is 90.6 Å². The molecule has 1 heterocycles. The number of rotatable bonds is 1. The zero-order valence-corrected chi connectivity index (χ0v) is 8.51. The van der Waals surface area contributed by atoms with Crippen LogP contribution in [0.15, 0.2) is 6.20 Å². The van der Waals surface area contributed by atoms with Crippen molar-refractivity contribution >= 4 is 11.5 Å². The van der Waals surface area contributed by atoms with Crippen molar-refractivity contribution in [3.8, 4) is 0 Å². The van der Waals surface area contributed by atoms with Crippen LogP contribution < -0.4 is 11.5 Å². The zero-order valence-electron chi connectivity index (χ0n) is 8.51. The van der Waals surface area contributed by atoms with Gasteiger partial charge in [-0.15, -0.1) is 0 Å². The number of nitrogens with two attached hydrogens (primary N) is 2. The molecular weight excluding hydrogens is 219 g/mol. The summed E-state index contributed by atoms with van der Waals surface area (Å²) in [6.45, 7) is 0. The zero-order chi connectivity index (χ0) is 11.9. The first kappa shape index (κ1) is 11.0. The van der Waals surface area contributed by atoms with E-state index >= 15 is 0 Å². The summed E-state index contributed by atoms with van der Waals surface area (Å²) in [4.78, 5) is 3.48. The Morgan fingerprint density at radius 2 is 1.88 bits per heavy atom. The van der Waals surface area contributed by atoms with Gasteiger partial charge in [0.1, 0.15) is 5.82 Å². The van der Waals surface area contributed by atoms with E-state index in [0.717, 1.165) is 25.5 Å². The smallest absolute Gasteiger partial charge is 0.396 e. The summed E-state index contributed by atoms with van der Waals surface area (Å²) in [7, 11) is 0. The van der Waals surface area contributed by atoms with E-state index < -0.39 is 11.7 Å². The quantitative estimate of drug-likeness (QED) is 0.780. The Balaban J connectivity index is 2.55. The molecule has 1 aliphatic carbocycles. The summed E-state index contributed by atoms with van der Waals surface area (Å²) in [5, 5.41) is 0. The molecule has 16 heavy (non-hydrogen) atoms. The van der Waals surface area contributed by atoms with E-state index in [9.17, 15) is 13.2 Å². The van der Waals surface area contributed by atoms with Crippen LogP contribution in [0.4, 0.5) is 24.7 Å². The summed E-state index contributed by atoms with van der Waals surface area (Å²) < 4.78 is 38.2. The van der Waals surface area contributed by atoms with Crippen LogP contribution in [0.1, 0.15) is 36.3 Å². The van der Waals surface area contributed by atoms with Gasteiger partial charge in [-0.25, -0.2) is 4.98 Å². The molecule has 4 N–H and O–H groups in total. The van der Waals surface area contributed by atoms with Crippen LogP contribution in [-0.2, 0) is 6.18 Å². The van der Waals surface area contributed by atoms with Gasteiger partial charge in [-0.3, -0.25) is 0 Å². The molecule has 0 aromatic carbocycles. The van der Waals surface area contributed by atoms with Gasteiger partial charge in [-0.2, -0.15) is 13.2 Å². The lowest BCUT2D eigenvalue weighted by Gasteiger charge is -2.29. The van der Waals surface area contributed by atoms with Crippen LogP contribution in [0, 0.1) is 0 Å². The van der Waals surface area contributed by atoms with Crippen molar-refractivity contribution in [1.82, 2.24) is 4.98 Å². The van der Waals surface area contributed by atoms with Gasteiger partial charge in [0.05, 0.1) is 11.3 Å². The highest BCUT2D eigenvalue weighted by atomic mass is 19.4. The molecule has 1 aliphatic rings. The van der Waals surface area contributed by atoms with Gasteiger partial charge >= 0.3 is 6.18 Å². The van der Waals surface area contributed by atoms with Crippen molar-refractivity contribution in [2.24, 2.45) is 0 Å². The Kier molecular flexibility index (Phi) is 2.44. The summed E-state index contributed by atoms with van der Waals surface area (Å²) in [5.41, 5.74) is 10.4. The van der Waals surface area contributed by atoms with E-state index in [1.165, 1.54) is 0 Å². The SMILES string of the molecule is Nc1ncc(C(F)(F)F)c(C2CCC2)c1N. The maximum absolute atomic E-state index is 12.7. The van der Waals surface area contributed by atoms with E-state index in [-0.39, 0.29) is 23.0 Å². The Morgan fingerprint density at radius 1 is 1.25 bits per heavy atom. The van der Waals surface area contributed by atoms with Crippen molar-refractivity contribution < 1.29 is 13.2 Å².